The van der Waals surface area contributed by atoms with Crippen molar-refractivity contribution in [3.8, 4) is 0 Å². The van der Waals surface area contributed by atoms with Crippen LogP contribution >= 0.6 is 0 Å². The van der Waals surface area contributed by atoms with Crippen LogP contribution in [0.2, 0.25) is 0 Å². The molecule has 1 N–H and O–H groups in total. The van der Waals surface area contributed by atoms with Crippen molar-refractivity contribution in [3.05, 3.63) is 29.6 Å². The van der Waals surface area contributed by atoms with Crippen molar-refractivity contribution in [2.24, 2.45) is 0 Å². The van der Waals surface area contributed by atoms with Gasteiger partial charge in [0, 0.05) is 19.7 Å². The number of aryl methyl sites for hydroxylation is 1. The molecule has 1 aromatic rings. The lowest BCUT2D eigenvalue weighted by Crippen LogP contribution is -2.44. The number of halogens is 1. The second-order valence-corrected chi connectivity index (χ2v) is 9.94. The van der Waals surface area contributed by atoms with Crippen LogP contribution < -0.4 is 5.32 Å². The number of ether oxygens (including phenoxy) is 1. The summed E-state index contributed by atoms with van der Waals surface area (Å²) in [5.41, 5.74) is 0.592. The third-order valence-corrected chi connectivity index (χ3v) is 7.97. The molecule has 6 nitrogen and oxygen atoms in total. The normalized spacial score (nSPS) is 24.0. The Morgan fingerprint density at radius 1 is 1.35 bits per heavy atom. The summed E-state index contributed by atoms with van der Waals surface area (Å²) in [6.45, 7) is 2.29. The predicted molar refractivity (Wildman–Crippen MR) is 84.4 cm³/mol. The molecule has 0 aliphatic carbocycles. The third kappa shape index (κ3) is 4.09. The van der Waals surface area contributed by atoms with E-state index >= 15 is 0 Å². The lowest BCUT2D eigenvalue weighted by molar-refractivity contribution is 0.196. The number of benzene rings is 1. The van der Waals surface area contributed by atoms with Crippen molar-refractivity contribution in [2.45, 2.75) is 23.1 Å². The molecule has 1 aromatic carbocycles. The van der Waals surface area contributed by atoms with Gasteiger partial charge in [-0.3, -0.25) is 0 Å². The molecule has 0 amide bonds. The summed E-state index contributed by atoms with van der Waals surface area (Å²) in [5.74, 6) is -1.66. The quantitative estimate of drug-likeness (QED) is 0.730. The van der Waals surface area contributed by atoms with Gasteiger partial charge in [0.2, 0.25) is 0 Å². The van der Waals surface area contributed by atoms with Crippen molar-refractivity contribution in [3.63, 3.8) is 0 Å². The smallest absolute Gasteiger partial charge is 0.186 e. The highest BCUT2D eigenvalue weighted by Gasteiger charge is 2.46. The topological polar surface area (TPSA) is 89.5 Å². The first-order valence-corrected chi connectivity index (χ1v) is 10.5. The van der Waals surface area contributed by atoms with Crippen LogP contribution in [0.5, 0.6) is 0 Å². The van der Waals surface area contributed by atoms with E-state index in [1.807, 2.05) is 0 Å². The Morgan fingerprint density at radius 3 is 2.70 bits per heavy atom. The molecule has 0 spiro atoms. The molecule has 0 saturated carbocycles. The number of sulfone groups is 2. The fraction of sp³-hybridized carbons (Fsp3) is 0.571. The molecule has 1 heterocycles. The van der Waals surface area contributed by atoms with E-state index in [0.29, 0.717) is 18.7 Å². The molecule has 0 radical (unpaired) electrons. The first kappa shape index (κ1) is 18.3. The summed E-state index contributed by atoms with van der Waals surface area (Å²) in [4.78, 5) is -0.446. The maximum absolute atomic E-state index is 14.0. The fourth-order valence-electron chi connectivity index (χ4n) is 2.65. The van der Waals surface area contributed by atoms with Gasteiger partial charge in [-0.05, 0) is 24.6 Å². The zero-order valence-corrected chi connectivity index (χ0v) is 14.6. The summed E-state index contributed by atoms with van der Waals surface area (Å²) < 4.78 is 68.1. The number of nitrogens with one attached hydrogen (secondary N) is 1. The predicted octanol–water partition coefficient (Wildman–Crippen LogP) is 0.309. The van der Waals surface area contributed by atoms with Crippen LogP contribution in [0.4, 0.5) is 4.39 Å². The van der Waals surface area contributed by atoms with Gasteiger partial charge in [-0.2, -0.15) is 0 Å². The molecule has 0 bridgehead atoms. The van der Waals surface area contributed by atoms with Crippen molar-refractivity contribution >= 4 is 19.7 Å². The molecule has 1 saturated heterocycles. The van der Waals surface area contributed by atoms with Crippen molar-refractivity contribution < 1.29 is 26.0 Å². The summed E-state index contributed by atoms with van der Waals surface area (Å²) >= 11 is 0. The first-order valence-electron chi connectivity index (χ1n) is 7.10. The maximum Gasteiger partial charge on any atom is 0.186 e. The number of rotatable bonds is 6. The SMILES string of the molecule is COCCN[C@H]1CS(=O)(=O)C[C@@H]1S(=O)(=O)c1cc(C)ccc1F. The minimum Gasteiger partial charge on any atom is -0.383 e. The molecule has 1 fully saturated rings. The molecule has 2 atom stereocenters. The van der Waals surface area contributed by atoms with Gasteiger partial charge >= 0.3 is 0 Å². The molecule has 0 unspecified atom stereocenters. The van der Waals surface area contributed by atoms with E-state index in [1.165, 1.54) is 19.2 Å². The van der Waals surface area contributed by atoms with Crippen molar-refractivity contribution in [1.29, 1.82) is 0 Å². The highest BCUT2D eigenvalue weighted by atomic mass is 32.2. The van der Waals surface area contributed by atoms with E-state index in [4.69, 9.17) is 4.74 Å². The lowest BCUT2D eigenvalue weighted by Gasteiger charge is -2.20. The number of hydrogen-bond donors (Lipinski definition) is 1. The molecule has 9 heteroatoms. The van der Waals surface area contributed by atoms with Gasteiger partial charge in [0.1, 0.15) is 10.7 Å². The molecule has 1 aliphatic heterocycles. The molecule has 130 valence electrons. The van der Waals surface area contributed by atoms with E-state index in [-0.39, 0.29) is 5.75 Å². The Morgan fingerprint density at radius 2 is 2.04 bits per heavy atom. The van der Waals surface area contributed by atoms with Crippen molar-refractivity contribution in [2.75, 3.05) is 31.8 Å². The van der Waals surface area contributed by atoms with Crippen molar-refractivity contribution in [1.82, 2.24) is 5.32 Å². The minimum atomic E-state index is -4.11. The van der Waals surface area contributed by atoms with Gasteiger partial charge in [-0.15, -0.1) is 0 Å². The Kier molecular flexibility index (Phi) is 5.44. The fourth-order valence-corrected chi connectivity index (χ4v) is 7.52. The molecule has 1 aliphatic rings. The van der Waals surface area contributed by atoms with Gasteiger partial charge in [-0.25, -0.2) is 21.2 Å². The molecular weight excluding hydrogens is 345 g/mol. The molecular formula is C14H20FNO5S2. The zero-order valence-electron chi connectivity index (χ0n) is 13.0. The Balaban J connectivity index is 2.37. The molecule has 0 aromatic heterocycles. The van der Waals surface area contributed by atoms with Crippen LogP contribution in [0.1, 0.15) is 5.56 Å². The molecule has 2 rings (SSSR count). The van der Waals surface area contributed by atoms with Crippen LogP contribution in [-0.2, 0) is 24.4 Å². The Hall–Kier alpha value is -1.03. The van der Waals surface area contributed by atoms with E-state index in [2.05, 4.69) is 5.32 Å². The van der Waals surface area contributed by atoms with E-state index in [0.717, 1.165) is 6.07 Å². The third-order valence-electron chi connectivity index (χ3n) is 3.80. The summed E-state index contributed by atoms with van der Waals surface area (Å²) in [6.07, 6.45) is 0. The Labute approximate surface area is 135 Å². The first-order chi connectivity index (χ1) is 10.7. The molecule has 23 heavy (non-hydrogen) atoms. The lowest BCUT2D eigenvalue weighted by atomic mass is 10.2. The van der Waals surface area contributed by atoms with Crippen LogP contribution in [-0.4, -0.2) is 59.9 Å². The highest BCUT2D eigenvalue weighted by molar-refractivity contribution is 7.96. The second kappa shape index (κ2) is 6.84. The van der Waals surface area contributed by atoms with Crippen LogP contribution in [0.25, 0.3) is 0 Å². The van der Waals surface area contributed by atoms with Crippen LogP contribution in [0.15, 0.2) is 23.1 Å². The van der Waals surface area contributed by atoms with E-state index in [1.54, 1.807) is 6.92 Å². The van der Waals surface area contributed by atoms with E-state index in [9.17, 15) is 21.2 Å². The summed E-state index contributed by atoms with van der Waals surface area (Å²) in [7, 11) is -6.12. The summed E-state index contributed by atoms with van der Waals surface area (Å²) in [5, 5.41) is 1.68. The average molecular weight is 365 g/mol. The monoisotopic (exact) mass is 365 g/mol. The highest BCUT2D eigenvalue weighted by Crippen LogP contribution is 2.28. The van der Waals surface area contributed by atoms with E-state index < -0.39 is 47.4 Å². The maximum atomic E-state index is 14.0. The van der Waals surface area contributed by atoms with Crippen LogP contribution in [0, 0.1) is 12.7 Å². The number of hydrogen-bond acceptors (Lipinski definition) is 6. The number of methoxy groups -OCH3 is 1. The minimum absolute atomic E-state index is 0.284. The van der Waals surface area contributed by atoms with Gasteiger partial charge in [-0.1, -0.05) is 6.07 Å². The van der Waals surface area contributed by atoms with Gasteiger partial charge in [0.05, 0.1) is 23.4 Å². The summed E-state index contributed by atoms with van der Waals surface area (Å²) in [6, 6.07) is 3.01. The Bertz CT molecular complexity index is 776. The van der Waals surface area contributed by atoms with Gasteiger partial charge in [0.25, 0.3) is 0 Å². The van der Waals surface area contributed by atoms with Crippen LogP contribution in [0.3, 0.4) is 0 Å². The largest absolute Gasteiger partial charge is 0.383 e. The zero-order chi connectivity index (χ0) is 17.3. The second-order valence-electron chi connectivity index (χ2n) is 5.65. The van der Waals surface area contributed by atoms with Gasteiger partial charge in [0.15, 0.2) is 19.7 Å². The van der Waals surface area contributed by atoms with Gasteiger partial charge < -0.3 is 10.1 Å². The average Bonchev–Trinajstić information content (AvgIpc) is 2.77. The standard InChI is InChI=1S/C14H20FNO5S2/c1-10-3-4-11(15)13(7-10)23(19,20)14-9-22(17,18)8-12(14)16-5-6-21-2/h3-4,7,12,14,16H,5-6,8-9H2,1-2H3/t12-,14-/m0/s1.